The van der Waals surface area contributed by atoms with Gasteiger partial charge in [0.25, 0.3) is 0 Å². The smallest absolute Gasteiger partial charge is 0.338 e. The molecule has 0 radical (unpaired) electrons. The predicted octanol–water partition coefficient (Wildman–Crippen LogP) is 1.95. The van der Waals surface area contributed by atoms with E-state index in [1.165, 1.54) is 25.3 Å². The summed E-state index contributed by atoms with van der Waals surface area (Å²) in [4.78, 5) is 11.3. The van der Waals surface area contributed by atoms with Gasteiger partial charge in [-0.2, -0.15) is 0 Å². The first-order valence-electron chi connectivity index (χ1n) is 5.00. The van der Waals surface area contributed by atoms with Crippen LogP contribution in [0.1, 0.15) is 24.2 Å². The highest BCUT2D eigenvalue weighted by atomic mass is 16.8. The average Bonchev–Trinajstić information content (AvgIpc) is 2.26. The second-order valence-electron chi connectivity index (χ2n) is 3.65. The summed E-state index contributed by atoms with van der Waals surface area (Å²) < 4.78 is 9.89. The maximum Gasteiger partial charge on any atom is 0.338 e. The predicted molar refractivity (Wildman–Crippen MR) is 61.2 cm³/mol. The van der Waals surface area contributed by atoms with E-state index < -0.39 is 5.97 Å². The van der Waals surface area contributed by atoms with Crippen LogP contribution in [0.5, 0.6) is 5.75 Å². The summed E-state index contributed by atoms with van der Waals surface area (Å²) in [6, 6.07) is 3.99. The molecule has 0 saturated heterocycles. The van der Waals surface area contributed by atoms with Crippen LogP contribution >= 0.6 is 0 Å². The zero-order valence-corrected chi connectivity index (χ0v) is 9.84. The normalized spacial score (nSPS) is 10.2. The van der Waals surface area contributed by atoms with Crippen molar-refractivity contribution in [1.29, 1.82) is 0 Å². The molecule has 0 saturated carbocycles. The molecule has 17 heavy (non-hydrogen) atoms. The number of benzene rings is 1. The van der Waals surface area contributed by atoms with Gasteiger partial charge in [-0.05, 0) is 26.0 Å². The molecular formula is C11H14NO5-. The molecule has 6 heteroatoms. The number of hydrogen-bond acceptors (Lipinski definition) is 6. The average molecular weight is 240 g/mol. The first kappa shape index (κ1) is 13.3. The Bertz CT molecular complexity index is 403. The van der Waals surface area contributed by atoms with Crippen LogP contribution in [0.4, 0.5) is 5.69 Å². The third kappa shape index (κ3) is 3.61. The lowest BCUT2D eigenvalue weighted by molar-refractivity contribution is 0.0600. The molecule has 1 rings (SSSR count). The Balaban J connectivity index is 3.14. The van der Waals surface area contributed by atoms with Gasteiger partial charge in [0.2, 0.25) is 0 Å². The van der Waals surface area contributed by atoms with Gasteiger partial charge in [-0.15, -0.1) is 0 Å². The van der Waals surface area contributed by atoms with Gasteiger partial charge in [-0.3, -0.25) is 5.21 Å². The van der Waals surface area contributed by atoms with Crippen molar-refractivity contribution in [3.05, 3.63) is 29.0 Å². The van der Waals surface area contributed by atoms with E-state index in [1.807, 2.05) is 0 Å². The molecule has 0 aromatic heterocycles. The molecule has 0 amide bonds. The van der Waals surface area contributed by atoms with Gasteiger partial charge in [0.1, 0.15) is 5.75 Å². The standard InChI is InChI=1S/C11H14NO5/c1-7(2)17-10-5-8(11(13)16-3)4-9(6-10)12(14)15/h4-7,14H,1-3H3/q-1. The van der Waals surface area contributed by atoms with E-state index in [4.69, 9.17) is 9.94 Å². The van der Waals surface area contributed by atoms with Crippen molar-refractivity contribution < 1.29 is 19.5 Å². The molecule has 0 bridgehead atoms. The Kier molecular flexibility index (Phi) is 4.30. The van der Waals surface area contributed by atoms with Crippen molar-refractivity contribution in [3.8, 4) is 5.75 Å². The van der Waals surface area contributed by atoms with Gasteiger partial charge in [0.15, 0.2) is 0 Å². The highest BCUT2D eigenvalue weighted by molar-refractivity contribution is 5.91. The van der Waals surface area contributed by atoms with E-state index >= 15 is 0 Å². The van der Waals surface area contributed by atoms with E-state index in [-0.39, 0.29) is 22.6 Å². The molecule has 0 unspecified atom stereocenters. The van der Waals surface area contributed by atoms with Crippen LogP contribution in [-0.2, 0) is 4.74 Å². The molecule has 0 aliphatic carbocycles. The largest absolute Gasteiger partial charge is 0.733 e. The minimum absolute atomic E-state index is 0.0939. The van der Waals surface area contributed by atoms with Gasteiger partial charge in [-0.1, -0.05) is 0 Å². The second-order valence-corrected chi connectivity index (χ2v) is 3.65. The number of anilines is 1. The van der Waals surface area contributed by atoms with Crippen molar-refractivity contribution in [1.82, 2.24) is 0 Å². The Labute approximate surface area is 98.9 Å². The van der Waals surface area contributed by atoms with E-state index in [1.54, 1.807) is 13.8 Å². The van der Waals surface area contributed by atoms with E-state index in [0.717, 1.165) is 0 Å². The Morgan fingerprint density at radius 2 is 2.06 bits per heavy atom. The molecule has 6 nitrogen and oxygen atoms in total. The number of nitrogens with zero attached hydrogens (tertiary/aromatic N) is 1. The van der Waals surface area contributed by atoms with Crippen molar-refractivity contribution in [2.24, 2.45) is 0 Å². The summed E-state index contributed by atoms with van der Waals surface area (Å²) in [6.45, 7) is 3.61. The van der Waals surface area contributed by atoms with Crippen LogP contribution in [0.15, 0.2) is 18.2 Å². The summed E-state index contributed by atoms with van der Waals surface area (Å²) >= 11 is 0. The maximum absolute atomic E-state index is 11.3. The number of hydrogen-bond donors (Lipinski definition) is 1. The number of carbonyl (C=O) groups is 1. The van der Waals surface area contributed by atoms with Crippen molar-refractivity contribution in [3.63, 3.8) is 0 Å². The zero-order valence-electron chi connectivity index (χ0n) is 9.84. The molecule has 0 aliphatic rings. The fourth-order valence-corrected chi connectivity index (χ4v) is 1.27. The minimum atomic E-state index is -0.609. The lowest BCUT2D eigenvalue weighted by Crippen LogP contribution is -2.12. The molecule has 1 aromatic rings. The van der Waals surface area contributed by atoms with Crippen molar-refractivity contribution >= 4 is 11.7 Å². The van der Waals surface area contributed by atoms with Gasteiger partial charge in [-0.25, -0.2) is 4.79 Å². The Morgan fingerprint density at radius 1 is 1.41 bits per heavy atom. The van der Waals surface area contributed by atoms with Gasteiger partial charge in [0, 0.05) is 6.07 Å². The monoisotopic (exact) mass is 240 g/mol. The van der Waals surface area contributed by atoms with Crippen molar-refractivity contribution in [2.75, 3.05) is 12.3 Å². The van der Waals surface area contributed by atoms with Crippen molar-refractivity contribution in [2.45, 2.75) is 20.0 Å². The lowest BCUT2D eigenvalue weighted by Gasteiger charge is -2.23. The quantitative estimate of drug-likeness (QED) is 0.639. The molecule has 0 aliphatic heterocycles. The second kappa shape index (κ2) is 5.51. The molecule has 0 heterocycles. The van der Waals surface area contributed by atoms with E-state index in [0.29, 0.717) is 5.75 Å². The molecule has 1 aromatic carbocycles. The van der Waals surface area contributed by atoms with Crippen LogP contribution in [0.25, 0.3) is 0 Å². The van der Waals surface area contributed by atoms with Crippen LogP contribution in [0.2, 0.25) is 0 Å². The lowest BCUT2D eigenvalue weighted by atomic mass is 10.2. The van der Waals surface area contributed by atoms with Gasteiger partial charge >= 0.3 is 5.97 Å². The van der Waals surface area contributed by atoms with E-state index in [9.17, 15) is 10.0 Å². The molecule has 0 atom stereocenters. The van der Waals surface area contributed by atoms with Crippen LogP contribution in [0.3, 0.4) is 0 Å². The van der Waals surface area contributed by atoms with E-state index in [2.05, 4.69) is 4.74 Å². The topological polar surface area (TPSA) is 82.1 Å². The maximum atomic E-state index is 11.3. The summed E-state index contributed by atoms with van der Waals surface area (Å²) in [5, 5.41) is 19.3. The first-order valence-corrected chi connectivity index (χ1v) is 5.00. The van der Waals surface area contributed by atoms with Gasteiger partial charge in [0.05, 0.1) is 24.5 Å². The third-order valence-corrected chi connectivity index (χ3v) is 1.91. The van der Waals surface area contributed by atoms with Crippen LogP contribution in [-0.4, -0.2) is 24.4 Å². The summed E-state index contributed by atoms with van der Waals surface area (Å²) in [6.07, 6.45) is -0.116. The Hall–Kier alpha value is -1.79. The number of ether oxygens (including phenoxy) is 2. The fourth-order valence-electron chi connectivity index (χ4n) is 1.27. The summed E-state index contributed by atoms with van der Waals surface area (Å²) in [5.74, 6) is -0.296. The molecule has 0 fully saturated rings. The number of rotatable bonds is 4. The third-order valence-electron chi connectivity index (χ3n) is 1.91. The molecule has 1 N–H and O–H groups in total. The minimum Gasteiger partial charge on any atom is -0.733 e. The highest BCUT2D eigenvalue weighted by Gasteiger charge is 2.10. The Morgan fingerprint density at radius 3 is 2.53 bits per heavy atom. The summed E-state index contributed by atoms with van der Waals surface area (Å²) in [7, 11) is 1.23. The van der Waals surface area contributed by atoms with Gasteiger partial charge < -0.3 is 19.9 Å². The molecule has 94 valence electrons. The number of esters is 1. The molecular weight excluding hydrogens is 226 g/mol. The fraction of sp³-hybridized carbons (Fsp3) is 0.364. The summed E-state index contributed by atoms with van der Waals surface area (Å²) in [5.41, 5.74) is 0.0408. The number of carbonyl (C=O) groups excluding carboxylic acids is 1. The van der Waals surface area contributed by atoms with Crippen LogP contribution in [0, 0.1) is 5.21 Å². The zero-order chi connectivity index (χ0) is 13.0. The highest BCUT2D eigenvalue weighted by Crippen LogP contribution is 2.24. The number of methoxy groups -OCH3 is 1. The van der Waals surface area contributed by atoms with Crippen LogP contribution < -0.4 is 9.96 Å². The first-order chi connectivity index (χ1) is 7.93. The molecule has 0 spiro atoms. The SMILES string of the molecule is COC(=O)c1cc(OC(C)C)cc(N([O-])O)c1.